The van der Waals surface area contributed by atoms with Crippen LogP contribution in [-0.2, 0) is 0 Å². The Balaban J connectivity index is 3.47. The highest BCUT2D eigenvalue weighted by Crippen LogP contribution is 2.13. The number of amides is 1. The molecule has 1 atom stereocenters. The second-order valence-corrected chi connectivity index (χ2v) is 6.47. The van der Waals surface area contributed by atoms with E-state index >= 15 is 0 Å². The number of nitrogens with one attached hydrogen (secondary N) is 1. The molecule has 5 nitrogen and oxygen atoms in total. The standard InChI is InChI=1S/C17H35N3O2/c1-3-4-5-6-7-8-9-10-11-12-13-14-15-20(2,16(18)19)17(21)22/h3-15H2,1-2H3,(H3-,18,19,21,22)/p+1. The molecular weight excluding hydrogens is 278 g/mol. The van der Waals surface area contributed by atoms with Crippen molar-refractivity contribution in [1.29, 1.82) is 5.41 Å². The maximum Gasteiger partial charge on any atom is 0.521 e. The summed E-state index contributed by atoms with van der Waals surface area (Å²) < 4.78 is -0.488. The number of nitrogens with zero attached hydrogens (tertiary/aromatic N) is 1. The molecule has 0 aliphatic rings. The largest absolute Gasteiger partial charge is 0.521 e. The van der Waals surface area contributed by atoms with Crippen LogP contribution in [0.25, 0.3) is 0 Å². The molecule has 5 heteroatoms. The summed E-state index contributed by atoms with van der Waals surface area (Å²) in [5, 5.41) is 16.5. The van der Waals surface area contributed by atoms with Crippen LogP contribution in [0.2, 0.25) is 0 Å². The van der Waals surface area contributed by atoms with Gasteiger partial charge in [-0.2, -0.15) is 9.28 Å². The molecule has 0 aliphatic heterocycles. The first-order valence-corrected chi connectivity index (χ1v) is 8.88. The van der Waals surface area contributed by atoms with Crippen LogP contribution in [0.4, 0.5) is 4.79 Å². The van der Waals surface area contributed by atoms with Gasteiger partial charge in [0.05, 0.1) is 13.6 Å². The maximum atomic E-state index is 11.1. The minimum atomic E-state index is -1.05. The zero-order valence-electron chi connectivity index (χ0n) is 14.6. The molecule has 0 saturated heterocycles. The summed E-state index contributed by atoms with van der Waals surface area (Å²) in [6.45, 7) is 2.65. The molecule has 1 unspecified atom stereocenters. The third-order valence-electron chi connectivity index (χ3n) is 4.41. The quantitative estimate of drug-likeness (QED) is 0.199. The maximum absolute atomic E-state index is 11.1. The fraction of sp³-hybridized carbons (Fsp3) is 0.882. The van der Waals surface area contributed by atoms with Gasteiger partial charge < -0.3 is 10.8 Å². The highest BCUT2D eigenvalue weighted by Gasteiger charge is 2.35. The van der Waals surface area contributed by atoms with Crippen molar-refractivity contribution in [1.82, 2.24) is 0 Å². The predicted molar refractivity (Wildman–Crippen MR) is 92.1 cm³/mol. The fourth-order valence-electron chi connectivity index (χ4n) is 2.59. The van der Waals surface area contributed by atoms with Gasteiger partial charge in [-0.1, -0.05) is 71.1 Å². The van der Waals surface area contributed by atoms with Crippen LogP contribution in [-0.4, -0.2) is 35.2 Å². The molecule has 4 N–H and O–H groups in total. The van der Waals surface area contributed by atoms with Crippen molar-refractivity contribution in [2.45, 2.75) is 84.0 Å². The van der Waals surface area contributed by atoms with E-state index in [0.717, 1.165) is 19.3 Å². The van der Waals surface area contributed by atoms with Crippen molar-refractivity contribution >= 4 is 12.1 Å². The summed E-state index contributed by atoms with van der Waals surface area (Å²) in [6.07, 6.45) is 13.9. The van der Waals surface area contributed by atoms with Gasteiger partial charge in [-0.25, -0.2) is 5.41 Å². The van der Waals surface area contributed by atoms with Crippen LogP contribution in [0, 0.1) is 5.41 Å². The second-order valence-electron chi connectivity index (χ2n) is 6.47. The van der Waals surface area contributed by atoms with Gasteiger partial charge in [0.25, 0.3) is 0 Å². The van der Waals surface area contributed by atoms with Crippen molar-refractivity contribution in [3.05, 3.63) is 0 Å². The normalized spacial score (nSPS) is 13.7. The van der Waals surface area contributed by atoms with Crippen molar-refractivity contribution in [3.8, 4) is 0 Å². The van der Waals surface area contributed by atoms with E-state index in [4.69, 9.17) is 16.2 Å². The molecule has 0 aromatic rings. The molecular formula is C17H36N3O2+. The number of nitrogens with two attached hydrogens (primary N) is 1. The van der Waals surface area contributed by atoms with Gasteiger partial charge in [0.15, 0.2) is 0 Å². The van der Waals surface area contributed by atoms with Gasteiger partial charge in [-0.05, 0) is 12.8 Å². The Morgan fingerprint density at radius 2 is 1.27 bits per heavy atom. The molecule has 0 aromatic heterocycles. The van der Waals surface area contributed by atoms with Gasteiger partial charge in [0.2, 0.25) is 0 Å². The second kappa shape index (κ2) is 12.4. The summed E-state index contributed by atoms with van der Waals surface area (Å²) in [5.74, 6) is -0.296. The van der Waals surface area contributed by atoms with Gasteiger partial charge in [0.1, 0.15) is 0 Å². The Labute approximate surface area is 136 Å². The van der Waals surface area contributed by atoms with Gasteiger partial charge in [-0.3, -0.25) is 0 Å². The van der Waals surface area contributed by atoms with E-state index in [-0.39, 0.29) is 5.96 Å². The Hall–Kier alpha value is -1.10. The zero-order chi connectivity index (χ0) is 16.8. The average Bonchev–Trinajstić information content (AvgIpc) is 2.47. The number of rotatable bonds is 13. The minimum absolute atomic E-state index is 0.296. The number of unbranched alkanes of at least 4 members (excludes halogenated alkanes) is 11. The summed E-state index contributed by atoms with van der Waals surface area (Å²) >= 11 is 0. The first kappa shape index (κ1) is 20.9. The zero-order valence-corrected chi connectivity index (χ0v) is 14.6. The molecule has 0 heterocycles. The predicted octanol–water partition coefficient (Wildman–Crippen LogP) is 4.71. The van der Waals surface area contributed by atoms with Gasteiger partial charge >= 0.3 is 12.1 Å². The van der Waals surface area contributed by atoms with Gasteiger partial charge in [-0.15, -0.1) is 0 Å². The van der Waals surface area contributed by atoms with E-state index in [1.165, 1.54) is 64.8 Å². The number of guanidine groups is 1. The lowest BCUT2D eigenvalue weighted by Gasteiger charge is -2.24. The van der Waals surface area contributed by atoms with E-state index in [0.29, 0.717) is 6.54 Å². The molecule has 0 radical (unpaired) electrons. The smallest absolute Gasteiger partial charge is 0.435 e. The lowest BCUT2D eigenvalue weighted by atomic mass is 10.1. The first-order chi connectivity index (χ1) is 10.4. The highest BCUT2D eigenvalue weighted by atomic mass is 16.4. The third kappa shape index (κ3) is 9.03. The Morgan fingerprint density at radius 1 is 0.909 bits per heavy atom. The summed E-state index contributed by atoms with van der Waals surface area (Å²) in [6, 6.07) is 0. The number of carboxylic acid groups (broad SMARTS) is 1. The number of hydrogen-bond acceptors (Lipinski definition) is 2. The van der Waals surface area contributed by atoms with Crippen molar-refractivity contribution in [2.75, 3.05) is 13.6 Å². The Morgan fingerprint density at radius 3 is 1.59 bits per heavy atom. The van der Waals surface area contributed by atoms with Crippen molar-refractivity contribution < 1.29 is 14.4 Å². The van der Waals surface area contributed by atoms with Crippen LogP contribution in [0.3, 0.4) is 0 Å². The fourth-order valence-corrected chi connectivity index (χ4v) is 2.59. The van der Waals surface area contributed by atoms with E-state index in [2.05, 4.69) is 6.92 Å². The summed E-state index contributed by atoms with van der Waals surface area (Å²) in [4.78, 5) is 11.1. The molecule has 0 spiro atoms. The van der Waals surface area contributed by atoms with E-state index in [1.54, 1.807) is 0 Å². The lowest BCUT2D eigenvalue weighted by Crippen LogP contribution is -2.56. The summed E-state index contributed by atoms with van der Waals surface area (Å²) in [5.41, 5.74) is 5.39. The highest BCUT2D eigenvalue weighted by molar-refractivity contribution is 5.78. The molecule has 0 aliphatic carbocycles. The van der Waals surface area contributed by atoms with Crippen LogP contribution >= 0.6 is 0 Å². The minimum Gasteiger partial charge on any atom is -0.435 e. The number of hydrogen-bond donors (Lipinski definition) is 3. The van der Waals surface area contributed by atoms with Crippen LogP contribution in [0.1, 0.15) is 84.0 Å². The molecule has 0 bridgehead atoms. The van der Waals surface area contributed by atoms with E-state index in [1.807, 2.05) is 0 Å². The van der Waals surface area contributed by atoms with E-state index in [9.17, 15) is 4.79 Å². The van der Waals surface area contributed by atoms with Gasteiger partial charge in [0, 0.05) is 0 Å². The molecule has 130 valence electrons. The molecule has 0 fully saturated rings. The third-order valence-corrected chi connectivity index (χ3v) is 4.41. The topological polar surface area (TPSA) is 87.2 Å². The van der Waals surface area contributed by atoms with Crippen molar-refractivity contribution in [3.63, 3.8) is 0 Å². The summed E-state index contributed by atoms with van der Waals surface area (Å²) in [7, 11) is 1.49. The van der Waals surface area contributed by atoms with Crippen LogP contribution < -0.4 is 5.73 Å². The van der Waals surface area contributed by atoms with Crippen LogP contribution in [0.5, 0.6) is 0 Å². The Kier molecular flexibility index (Phi) is 11.8. The lowest BCUT2D eigenvalue weighted by molar-refractivity contribution is -0.747. The average molecular weight is 314 g/mol. The molecule has 22 heavy (non-hydrogen) atoms. The van der Waals surface area contributed by atoms with Crippen LogP contribution in [0.15, 0.2) is 0 Å². The monoisotopic (exact) mass is 314 g/mol. The number of carbonyl (C=O) groups is 1. The van der Waals surface area contributed by atoms with E-state index < -0.39 is 10.6 Å². The molecule has 0 aromatic carbocycles. The molecule has 0 rings (SSSR count). The SMILES string of the molecule is CCCCCCCCCCCCCC[N+](C)(C(=N)N)C(=O)O. The molecule has 0 saturated carbocycles. The van der Waals surface area contributed by atoms with Crippen molar-refractivity contribution in [2.24, 2.45) is 5.73 Å². The first-order valence-electron chi connectivity index (χ1n) is 8.88. The Bertz CT molecular complexity index is 305. The molecule has 1 amide bonds. The number of quaternary nitrogens is 1.